The molecule has 114 valence electrons. The molecule has 1 N–H and O–H groups in total. The topological polar surface area (TPSA) is 76.9 Å². The minimum atomic E-state index is -0.555. The Hall–Kier alpha value is -3.35. The minimum Gasteiger partial charge on any atom is -0.302 e. The first-order valence-electron chi connectivity index (χ1n) is 6.70. The summed E-state index contributed by atoms with van der Waals surface area (Å²) in [6.45, 7) is 0. The number of aromatic nitrogens is 3. The SMILES string of the molecule is O=C(Nc1nccn(-c2cccc(F)c2)c1=O)c1ccncc1. The van der Waals surface area contributed by atoms with E-state index in [2.05, 4.69) is 15.3 Å². The number of carbonyl (C=O) groups excluding carboxylic acids is 1. The van der Waals surface area contributed by atoms with Gasteiger partial charge in [0.2, 0.25) is 0 Å². The Morgan fingerprint density at radius 3 is 2.65 bits per heavy atom. The summed E-state index contributed by atoms with van der Waals surface area (Å²) in [5, 5.41) is 2.45. The van der Waals surface area contributed by atoms with E-state index in [0.29, 0.717) is 11.3 Å². The van der Waals surface area contributed by atoms with Crippen molar-refractivity contribution in [2.45, 2.75) is 0 Å². The molecule has 0 aliphatic heterocycles. The molecular weight excluding hydrogens is 299 g/mol. The summed E-state index contributed by atoms with van der Waals surface area (Å²) in [6.07, 6.45) is 5.70. The lowest BCUT2D eigenvalue weighted by Crippen LogP contribution is -2.26. The zero-order valence-corrected chi connectivity index (χ0v) is 11.8. The Kier molecular flexibility index (Phi) is 3.92. The van der Waals surface area contributed by atoms with Gasteiger partial charge in [-0.3, -0.25) is 19.1 Å². The summed E-state index contributed by atoms with van der Waals surface area (Å²) in [7, 11) is 0. The maximum Gasteiger partial charge on any atom is 0.298 e. The molecule has 23 heavy (non-hydrogen) atoms. The van der Waals surface area contributed by atoms with E-state index in [-0.39, 0.29) is 5.82 Å². The number of halogens is 1. The summed E-state index contributed by atoms with van der Waals surface area (Å²) in [6, 6.07) is 8.61. The van der Waals surface area contributed by atoms with Gasteiger partial charge in [-0.15, -0.1) is 0 Å². The van der Waals surface area contributed by atoms with E-state index < -0.39 is 17.3 Å². The van der Waals surface area contributed by atoms with Crippen LogP contribution in [0.4, 0.5) is 10.2 Å². The highest BCUT2D eigenvalue weighted by Gasteiger charge is 2.11. The monoisotopic (exact) mass is 310 g/mol. The first-order valence-corrected chi connectivity index (χ1v) is 6.70. The molecule has 0 bridgehead atoms. The van der Waals surface area contributed by atoms with Crippen molar-refractivity contribution < 1.29 is 9.18 Å². The van der Waals surface area contributed by atoms with E-state index in [4.69, 9.17) is 0 Å². The molecule has 3 aromatic rings. The number of nitrogens with one attached hydrogen (secondary N) is 1. The van der Waals surface area contributed by atoms with Crippen molar-refractivity contribution in [3.8, 4) is 5.69 Å². The van der Waals surface area contributed by atoms with Crippen LogP contribution in [0.25, 0.3) is 5.69 Å². The van der Waals surface area contributed by atoms with Crippen LogP contribution in [-0.4, -0.2) is 20.4 Å². The third-order valence-corrected chi connectivity index (χ3v) is 3.10. The lowest BCUT2D eigenvalue weighted by atomic mass is 10.2. The van der Waals surface area contributed by atoms with Gasteiger partial charge in [0.15, 0.2) is 5.82 Å². The summed E-state index contributed by atoms with van der Waals surface area (Å²) < 4.78 is 14.5. The highest BCUT2D eigenvalue weighted by Crippen LogP contribution is 2.08. The number of hydrogen-bond acceptors (Lipinski definition) is 4. The van der Waals surface area contributed by atoms with E-state index in [9.17, 15) is 14.0 Å². The molecule has 0 aliphatic rings. The predicted molar refractivity (Wildman–Crippen MR) is 82.0 cm³/mol. The van der Waals surface area contributed by atoms with Gasteiger partial charge >= 0.3 is 0 Å². The van der Waals surface area contributed by atoms with Crippen molar-refractivity contribution in [2.75, 3.05) is 5.32 Å². The molecule has 1 amide bonds. The van der Waals surface area contributed by atoms with Gasteiger partial charge < -0.3 is 5.32 Å². The molecule has 0 spiro atoms. The van der Waals surface area contributed by atoms with Crippen molar-refractivity contribution in [1.29, 1.82) is 0 Å². The van der Waals surface area contributed by atoms with Crippen molar-refractivity contribution in [2.24, 2.45) is 0 Å². The van der Waals surface area contributed by atoms with Crippen molar-refractivity contribution in [3.63, 3.8) is 0 Å². The van der Waals surface area contributed by atoms with Crippen LogP contribution in [0, 0.1) is 5.82 Å². The first kappa shape index (κ1) is 14.6. The number of hydrogen-bond donors (Lipinski definition) is 1. The molecule has 6 nitrogen and oxygen atoms in total. The Balaban J connectivity index is 1.95. The fraction of sp³-hybridized carbons (Fsp3) is 0. The highest BCUT2D eigenvalue weighted by molar-refractivity contribution is 6.03. The van der Waals surface area contributed by atoms with Gasteiger partial charge in [-0.2, -0.15) is 0 Å². The largest absolute Gasteiger partial charge is 0.302 e. The second-order valence-electron chi connectivity index (χ2n) is 4.62. The molecule has 0 fully saturated rings. The fourth-order valence-corrected chi connectivity index (χ4v) is 2.01. The molecule has 0 aliphatic carbocycles. The number of anilines is 1. The predicted octanol–water partition coefficient (Wildman–Crippen LogP) is 2.02. The summed E-state index contributed by atoms with van der Waals surface area (Å²) in [5.41, 5.74) is 0.139. The molecule has 0 atom stereocenters. The van der Waals surface area contributed by atoms with Crippen LogP contribution in [0.5, 0.6) is 0 Å². The summed E-state index contributed by atoms with van der Waals surface area (Å²) >= 11 is 0. The molecule has 1 aromatic carbocycles. The average Bonchev–Trinajstić information content (AvgIpc) is 2.57. The van der Waals surface area contributed by atoms with Crippen LogP contribution < -0.4 is 10.9 Å². The Morgan fingerprint density at radius 2 is 1.91 bits per heavy atom. The van der Waals surface area contributed by atoms with Crippen LogP contribution in [0.1, 0.15) is 10.4 Å². The van der Waals surface area contributed by atoms with Crippen LogP contribution >= 0.6 is 0 Å². The van der Waals surface area contributed by atoms with Gasteiger partial charge in [-0.05, 0) is 30.3 Å². The van der Waals surface area contributed by atoms with E-state index in [0.717, 1.165) is 0 Å². The molecule has 0 unspecified atom stereocenters. The van der Waals surface area contributed by atoms with Crippen LogP contribution in [0.15, 0.2) is 66.0 Å². The lowest BCUT2D eigenvalue weighted by molar-refractivity contribution is 0.102. The van der Waals surface area contributed by atoms with Crippen LogP contribution in [0.3, 0.4) is 0 Å². The highest BCUT2D eigenvalue weighted by atomic mass is 19.1. The zero-order chi connectivity index (χ0) is 16.2. The van der Waals surface area contributed by atoms with Crippen LogP contribution in [0.2, 0.25) is 0 Å². The van der Waals surface area contributed by atoms with Gasteiger partial charge in [-0.25, -0.2) is 9.37 Å². The lowest BCUT2D eigenvalue weighted by Gasteiger charge is -2.08. The molecule has 0 saturated heterocycles. The minimum absolute atomic E-state index is 0.140. The maximum absolute atomic E-state index is 13.3. The van der Waals surface area contributed by atoms with E-state index in [1.54, 1.807) is 6.07 Å². The number of pyridine rings is 1. The molecule has 2 aromatic heterocycles. The quantitative estimate of drug-likeness (QED) is 0.803. The van der Waals surface area contributed by atoms with Crippen molar-refractivity contribution in [3.05, 3.63) is 82.9 Å². The number of carbonyl (C=O) groups is 1. The van der Waals surface area contributed by atoms with Gasteiger partial charge in [0, 0.05) is 30.4 Å². The van der Waals surface area contributed by atoms with E-state index in [1.807, 2.05) is 0 Å². The Labute approximate surface area is 130 Å². The number of nitrogens with zero attached hydrogens (tertiary/aromatic N) is 3. The number of amides is 1. The van der Waals surface area contributed by atoms with Crippen LogP contribution in [-0.2, 0) is 0 Å². The van der Waals surface area contributed by atoms with Gasteiger partial charge in [0.25, 0.3) is 11.5 Å². The smallest absolute Gasteiger partial charge is 0.298 e. The second-order valence-corrected chi connectivity index (χ2v) is 4.62. The first-order chi connectivity index (χ1) is 11.1. The Morgan fingerprint density at radius 1 is 1.13 bits per heavy atom. The zero-order valence-electron chi connectivity index (χ0n) is 11.8. The van der Waals surface area contributed by atoms with Crippen molar-refractivity contribution >= 4 is 11.7 Å². The number of benzene rings is 1. The van der Waals surface area contributed by atoms with Gasteiger partial charge in [-0.1, -0.05) is 6.07 Å². The molecule has 3 rings (SSSR count). The van der Waals surface area contributed by atoms with Gasteiger partial charge in [0.05, 0.1) is 5.69 Å². The van der Waals surface area contributed by atoms with Crippen molar-refractivity contribution in [1.82, 2.24) is 14.5 Å². The molecule has 2 heterocycles. The summed E-state index contributed by atoms with van der Waals surface area (Å²) in [4.78, 5) is 32.2. The maximum atomic E-state index is 13.3. The second kappa shape index (κ2) is 6.18. The van der Waals surface area contributed by atoms with E-state index >= 15 is 0 Å². The molecule has 7 heteroatoms. The Bertz CT molecular complexity index is 909. The fourth-order valence-electron chi connectivity index (χ4n) is 2.01. The van der Waals surface area contributed by atoms with Gasteiger partial charge in [0.1, 0.15) is 5.82 Å². The third-order valence-electron chi connectivity index (χ3n) is 3.10. The molecule has 0 saturated carbocycles. The number of rotatable bonds is 3. The summed E-state index contributed by atoms with van der Waals surface area (Å²) in [5.74, 6) is -1.08. The normalized spacial score (nSPS) is 10.3. The molecular formula is C16H11FN4O2. The third kappa shape index (κ3) is 3.13. The van der Waals surface area contributed by atoms with E-state index in [1.165, 1.54) is 59.7 Å². The standard InChI is InChI=1S/C16H11FN4O2/c17-12-2-1-3-13(10-12)21-9-8-19-14(16(21)23)20-15(22)11-4-6-18-7-5-11/h1-10H,(H,19,20,22). The molecule has 0 radical (unpaired) electrons. The average molecular weight is 310 g/mol.